The van der Waals surface area contributed by atoms with Crippen LogP contribution in [0.1, 0.15) is 11.1 Å². The first-order valence-corrected chi connectivity index (χ1v) is 10.9. The third-order valence-electron chi connectivity index (χ3n) is 4.81. The van der Waals surface area contributed by atoms with E-state index in [1.165, 1.54) is 0 Å². The van der Waals surface area contributed by atoms with E-state index in [0.717, 1.165) is 11.1 Å². The minimum absolute atomic E-state index is 0.235. The number of rotatable bonds is 10. The van der Waals surface area contributed by atoms with E-state index in [-0.39, 0.29) is 19.1 Å². The molecule has 2 aromatic rings. The van der Waals surface area contributed by atoms with Crippen molar-refractivity contribution in [3.63, 3.8) is 0 Å². The molecule has 1 fully saturated rings. The van der Waals surface area contributed by atoms with Gasteiger partial charge in [0, 0.05) is 0 Å². The Bertz CT molecular complexity index is 795. The van der Waals surface area contributed by atoms with Crippen LogP contribution in [0.5, 0.6) is 0 Å². The number of halogens is 2. The lowest BCUT2D eigenvalue weighted by Gasteiger charge is -2.44. The molecule has 1 heterocycles. The van der Waals surface area contributed by atoms with E-state index >= 15 is 0 Å². The van der Waals surface area contributed by atoms with Crippen molar-refractivity contribution in [2.75, 3.05) is 12.5 Å². The number of aliphatic hydroxyl groups excluding tert-OH is 1. The molecule has 1 aliphatic rings. The highest BCUT2D eigenvalue weighted by molar-refractivity contribution is 9.06. The van der Waals surface area contributed by atoms with Crippen LogP contribution in [-0.2, 0) is 40.8 Å². The second-order valence-corrected chi connectivity index (χ2v) is 7.57. The first-order valence-electron chi connectivity index (χ1n) is 9.76. The van der Waals surface area contributed by atoms with Gasteiger partial charge in [0.15, 0.2) is 12.4 Å². The SMILES string of the molecule is O=C(CCl)O[C@H]1[C@H](OCc2ccccc2)[C@@H](OCc2ccccc2)C(OBr)O[C@@H]1CO. The van der Waals surface area contributed by atoms with Crippen molar-refractivity contribution in [1.29, 1.82) is 0 Å². The Hall–Kier alpha value is -1.52. The van der Waals surface area contributed by atoms with Gasteiger partial charge in [0.1, 0.15) is 40.5 Å². The first-order chi connectivity index (χ1) is 15.2. The molecular formula is C22H24BrClO7. The number of aliphatic hydroxyl groups is 1. The van der Waals surface area contributed by atoms with E-state index in [2.05, 4.69) is 16.3 Å². The average Bonchev–Trinajstić information content (AvgIpc) is 2.83. The molecule has 31 heavy (non-hydrogen) atoms. The van der Waals surface area contributed by atoms with E-state index in [4.69, 9.17) is 34.4 Å². The molecule has 0 aliphatic carbocycles. The Labute approximate surface area is 194 Å². The predicted molar refractivity (Wildman–Crippen MR) is 116 cm³/mol. The monoisotopic (exact) mass is 514 g/mol. The Kier molecular flexibility index (Phi) is 9.73. The van der Waals surface area contributed by atoms with E-state index in [0.29, 0.717) is 0 Å². The van der Waals surface area contributed by atoms with Crippen LogP contribution >= 0.6 is 27.9 Å². The zero-order chi connectivity index (χ0) is 22.1. The molecule has 0 saturated carbocycles. The molecule has 0 aromatic heterocycles. The van der Waals surface area contributed by atoms with Gasteiger partial charge in [-0.1, -0.05) is 60.7 Å². The second-order valence-electron chi connectivity index (χ2n) is 6.93. The number of carbonyl (C=O) groups excluding carboxylic acids is 1. The fourth-order valence-electron chi connectivity index (χ4n) is 3.32. The highest BCUT2D eigenvalue weighted by Crippen LogP contribution is 2.31. The Morgan fingerprint density at radius 2 is 1.48 bits per heavy atom. The van der Waals surface area contributed by atoms with Crippen molar-refractivity contribution in [3.05, 3.63) is 71.8 Å². The highest BCUT2D eigenvalue weighted by atomic mass is 79.9. The molecule has 1 aliphatic heterocycles. The molecule has 0 spiro atoms. The normalized spacial score (nSPS) is 25.8. The fourth-order valence-corrected chi connectivity index (χ4v) is 3.69. The summed E-state index contributed by atoms with van der Waals surface area (Å²) in [5.41, 5.74) is 1.87. The predicted octanol–water partition coefficient (Wildman–Crippen LogP) is 3.35. The van der Waals surface area contributed by atoms with Gasteiger partial charge in [0.05, 0.1) is 19.8 Å². The number of carbonyl (C=O) groups is 1. The summed E-state index contributed by atoms with van der Waals surface area (Å²) in [6.45, 7) is 0.0787. The first kappa shape index (κ1) is 24.1. The van der Waals surface area contributed by atoms with Gasteiger partial charge in [-0.15, -0.1) is 11.6 Å². The molecule has 3 rings (SSSR count). The maximum atomic E-state index is 12.0. The van der Waals surface area contributed by atoms with Crippen molar-refractivity contribution in [3.8, 4) is 0 Å². The van der Waals surface area contributed by atoms with Crippen LogP contribution in [0.25, 0.3) is 0 Å². The largest absolute Gasteiger partial charge is 0.456 e. The van der Waals surface area contributed by atoms with Crippen LogP contribution in [-0.4, -0.2) is 54.3 Å². The summed E-state index contributed by atoms with van der Waals surface area (Å²) < 4.78 is 28.8. The van der Waals surface area contributed by atoms with Gasteiger partial charge in [-0.05, 0) is 11.1 Å². The quantitative estimate of drug-likeness (QED) is 0.384. The molecule has 1 saturated heterocycles. The third kappa shape index (κ3) is 6.73. The van der Waals surface area contributed by atoms with Gasteiger partial charge >= 0.3 is 5.97 Å². The van der Waals surface area contributed by atoms with Gasteiger partial charge in [0.25, 0.3) is 0 Å². The van der Waals surface area contributed by atoms with Gasteiger partial charge in [-0.3, -0.25) is 8.62 Å². The van der Waals surface area contributed by atoms with E-state index < -0.39 is 43.3 Å². The molecule has 2 aromatic carbocycles. The number of ether oxygens (including phenoxy) is 4. The number of hydrogen-bond donors (Lipinski definition) is 1. The average molecular weight is 516 g/mol. The van der Waals surface area contributed by atoms with E-state index in [1.54, 1.807) is 0 Å². The number of esters is 1. The summed E-state index contributed by atoms with van der Waals surface area (Å²) in [5, 5.41) is 9.84. The molecule has 1 unspecified atom stereocenters. The van der Waals surface area contributed by atoms with Crippen molar-refractivity contribution >= 4 is 33.8 Å². The fraction of sp³-hybridized carbons (Fsp3) is 0.409. The maximum Gasteiger partial charge on any atom is 0.321 e. The van der Waals surface area contributed by atoms with Crippen molar-refractivity contribution < 1.29 is 32.7 Å². The van der Waals surface area contributed by atoms with Crippen LogP contribution in [0.4, 0.5) is 0 Å². The molecular weight excluding hydrogens is 492 g/mol. The number of alkyl halides is 1. The van der Waals surface area contributed by atoms with E-state index in [9.17, 15) is 9.90 Å². The van der Waals surface area contributed by atoms with Crippen LogP contribution in [0.2, 0.25) is 0 Å². The molecule has 9 heteroatoms. The zero-order valence-electron chi connectivity index (χ0n) is 16.6. The molecule has 0 bridgehead atoms. The van der Waals surface area contributed by atoms with Crippen molar-refractivity contribution in [2.45, 2.75) is 43.9 Å². The van der Waals surface area contributed by atoms with Crippen LogP contribution < -0.4 is 0 Å². The summed E-state index contributed by atoms with van der Waals surface area (Å²) in [4.78, 5) is 12.0. The summed E-state index contributed by atoms with van der Waals surface area (Å²) in [7, 11) is 0. The Morgan fingerprint density at radius 1 is 0.935 bits per heavy atom. The van der Waals surface area contributed by atoms with Gasteiger partial charge in [-0.2, -0.15) is 0 Å². The highest BCUT2D eigenvalue weighted by Gasteiger charge is 2.50. The molecule has 5 atom stereocenters. The lowest BCUT2D eigenvalue weighted by atomic mass is 9.98. The van der Waals surface area contributed by atoms with E-state index in [1.807, 2.05) is 60.7 Å². The Morgan fingerprint density at radius 3 is 1.97 bits per heavy atom. The summed E-state index contributed by atoms with van der Waals surface area (Å²) in [6, 6.07) is 19.1. The summed E-state index contributed by atoms with van der Waals surface area (Å²) >= 11 is 8.61. The lowest BCUT2D eigenvalue weighted by Crippen LogP contribution is -2.61. The molecule has 1 N–H and O–H groups in total. The maximum absolute atomic E-state index is 12.0. The van der Waals surface area contributed by atoms with Crippen molar-refractivity contribution in [1.82, 2.24) is 0 Å². The minimum Gasteiger partial charge on any atom is -0.456 e. The Balaban J connectivity index is 1.84. The minimum atomic E-state index is -0.945. The molecule has 0 amide bonds. The van der Waals surface area contributed by atoms with Crippen molar-refractivity contribution in [2.24, 2.45) is 0 Å². The molecule has 0 radical (unpaired) electrons. The summed E-state index contributed by atoms with van der Waals surface area (Å²) in [5.74, 6) is -0.990. The van der Waals surface area contributed by atoms with Crippen LogP contribution in [0.3, 0.4) is 0 Å². The smallest absolute Gasteiger partial charge is 0.321 e. The van der Waals surface area contributed by atoms with Gasteiger partial charge in [-0.25, -0.2) is 0 Å². The lowest BCUT2D eigenvalue weighted by molar-refractivity contribution is -0.297. The van der Waals surface area contributed by atoms with Gasteiger partial charge < -0.3 is 24.1 Å². The topological polar surface area (TPSA) is 83.5 Å². The number of hydrogen-bond acceptors (Lipinski definition) is 7. The van der Waals surface area contributed by atoms with Gasteiger partial charge in [0.2, 0.25) is 0 Å². The number of benzene rings is 2. The summed E-state index contributed by atoms with van der Waals surface area (Å²) in [6.07, 6.45) is -4.29. The molecule has 168 valence electrons. The molecule has 7 nitrogen and oxygen atoms in total. The third-order valence-corrected chi connectivity index (χ3v) is 5.39. The zero-order valence-corrected chi connectivity index (χ0v) is 19.0. The standard InChI is InChI=1S/C22H24BrClO7/c23-31-22-21(28-14-16-9-5-2-6-10-16)20(27-13-15-7-3-1-4-8-15)19(17(12-25)29-22)30-18(26)11-24/h1-10,17,19-22,25H,11-14H2/t17-,19-,20+,21-,22?/m1/s1. The van der Waals surface area contributed by atoms with Crippen LogP contribution in [0, 0.1) is 0 Å². The van der Waals surface area contributed by atoms with Crippen LogP contribution in [0.15, 0.2) is 60.7 Å². The second kappa shape index (κ2) is 12.5.